The molecule has 0 nitrogen and oxygen atoms in total. The minimum atomic E-state index is 0.169. The SMILES string of the molecule is CC(C)(C)C(C)(C)C(C)(C)C.CC(C)(C)CC(C)(C)C.CCC(C)(C)C(C)(C)C.CCC(C)(C)C(C)(C)C.CCC(C)(C)CC.CCC(C)(C)CC.CCC(CC)(c1ccccc1)c1ccccc1.CCCC(C)(C)C.CCCC(C)(C)C.CCCCC. The first-order valence-electron chi connectivity index (χ1n) is 37.0. The molecule has 2 rings (SSSR count). The second-order valence-electron chi connectivity index (χ2n) is 38.6. The molecule has 2 aromatic rings. The van der Waals surface area contributed by atoms with E-state index in [1.165, 1.54) is 101 Å². The van der Waals surface area contributed by atoms with Crippen LogP contribution < -0.4 is 0 Å². The molecule has 0 unspecified atom stereocenters. The van der Waals surface area contributed by atoms with Gasteiger partial charge in [0.1, 0.15) is 0 Å². The average molecular weight is 1240 g/mol. The fourth-order valence-corrected chi connectivity index (χ4v) is 8.88. The predicted octanol–water partition coefficient (Wildman–Crippen LogP) is 32.8. The van der Waals surface area contributed by atoms with Gasteiger partial charge in [-0.25, -0.2) is 0 Å². The first-order chi connectivity index (χ1) is 38.9. The number of benzene rings is 2. The van der Waals surface area contributed by atoms with Gasteiger partial charge in [-0.1, -0.05) is 450 Å². The summed E-state index contributed by atoms with van der Waals surface area (Å²) < 4.78 is 0. The van der Waals surface area contributed by atoms with Crippen molar-refractivity contribution in [3.05, 3.63) is 71.8 Å². The van der Waals surface area contributed by atoms with Gasteiger partial charge < -0.3 is 0 Å². The molecule has 0 saturated heterocycles. The van der Waals surface area contributed by atoms with Gasteiger partial charge in [-0.3, -0.25) is 0 Å². The minimum absolute atomic E-state index is 0.169. The zero-order valence-electron chi connectivity index (χ0n) is 71.1. The second-order valence-corrected chi connectivity index (χ2v) is 38.6. The molecule has 0 aliphatic heterocycles. The predicted molar refractivity (Wildman–Crippen MR) is 420 cm³/mol. The van der Waals surface area contributed by atoms with Crippen LogP contribution >= 0.6 is 0 Å². The normalized spacial score (nSPS) is 12.7. The van der Waals surface area contributed by atoms with E-state index >= 15 is 0 Å². The first-order valence-corrected chi connectivity index (χ1v) is 37.0. The van der Waals surface area contributed by atoms with Crippen LogP contribution in [0.4, 0.5) is 0 Å². The van der Waals surface area contributed by atoms with Crippen molar-refractivity contribution in [3.8, 4) is 0 Å². The van der Waals surface area contributed by atoms with Gasteiger partial charge in [0, 0.05) is 5.41 Å². The monoisotopic (exact) mass is 1240 g/mol. The third-order valence-electron chi connectivity index (χ3n) is 21.0. The summed E-state index contributed by atoms with van der Waals surface area (Å²) in [5.41, 5.74) is 9.25. The van der Waals surface area contributed by atoms with E-state index in [4.69, 9.17) is 0 Å². The Morgan fingerprint density at radius 3 is 0.523 bits per heavy atom. The standard InChI is InChI=1S/C17H20.C11H24.3C9H20.4C7H16.C5H12/c1-3-17(4-2,15-11-7-5-8-12-15)16-13-9-6-10-14-16;1-9(2,3)11(7,8)10(4,5)6;1-8(2,3)7-9(4,5)6;2*1-7-9(5,6)8(2,3)4;2*1-5-6-7(2,3)4;2*1-5-7(3,4)6-2;1-3-5-4-2/h5-14H,3-4H2,1-2H3;1-8H3;3*7H2,1-6H3;4*5-6H2,1-4H3;3-5H2,1-2H3. The Hall–Kier alpha value is -1.56. The molecule has 0 saturated carbocycles. The van der Waals surface area contributed by atoms with Gasteiger partial charge in [0.05, 0.1) is 0 Å². The summed E-state index contributed by atoms with van der Waals surface area (Å²) in [6, 6.07) is 21.7. The van der Waals surface area contributed by atoms with Crippen LogP contribution in [0.5, 0.6) is 0 Å². The summed E-state index contributed by atoms with van der Waals surface area (Å²) in [7, 11) is 0. The Morgan fingerprint density at radius 2 is 0.466 bits per heavy atom. The molecular formula is C88H180. The maximum atomic E-state index is 2.35. The van der Waals surface area contributed by atoms with Gasteiger partial charge in [0.2, 0.25) is 0 Å². The summed E-state index contributed by atoms with van der Waals surface area (Å²) in [4.78, 5) is 0. The van der Waals surface area contributed by atoms with E-state index in [-0.39, 0.29) is 5.41 Å². The van der Waals surface area contributed by atoms with Crippen LogP contribution in [0.2, 0.25) is 0 Å². The largest absolute Gasteiger partial charge is 0.0654 e. The molecule has 0 amide bonds. The molecule has 0 spiro atoms. The van der Waals surface area contributed by atoms with E-state index in [0.29, 0.717) is 70.4 Å². The topological polar surface area (TPSA) is 0 Å². The zero-order chi connectivity index (χ0) is 72.5. The van der Waals surface area contributed by atoms with Crippen LogP contribution in [0.3, 0.4) is 0 Å². The van der Waals surface area contributed by atoms with Gasteiger partial charge >= 0.3 is 0 Å². The molecule has 0 heteroatoms. The van der Waals surface area contributed by atoms with E-state index in [2.05, 4.69) is 379 Å². The molecule has 0 aromatic heterocycles. The van der Waals surface area contributed by atoms with E-state index in [1.54, 1.807) is 0 Å². The average Bonchev–Trinajstić information content (AvgIpc) is 3.36. The lowest BCUT2D eigenvalue weighted by Gasteiger charge is -2.49. The van der Waals surface area contributed by atoms with Crippen molar-refractivity contribution >= 4 is 0 Å². The molecule has 532 valence electrons. The molecule has 0 radical (unpaired) electrons. The van der Waals surface area contributed by atoms with E-state index in [0.717, 1.165) is 12.8 Å². The zero-order valence-corrected chi connectivity index (χ0v) is 71.1. The lowest BCUT2D eigenvalue weighted by atomic mass is 9.56. The molecule has 0 N–H and O–H groups in total. The van der Waals surface area contributed by atoms with Crippen LogP contribution in [-0.2, 0) is 5.41 Å². The minimum Gasteiger partial charge on any atom is -0.0654 e. The van der Waals surface area contributed by atoms with Gasteiger partial charge in [-0.05, 0) is 114 Å². The third kappa shape index (κ3) is 56.0. The van der Waals surface area contributed by atoms with E-state index in [9.17, 15) is 0 Å². The fourth-order valence-electron chi connectivity index (χ4n) is 8.88. The molecule has 0 bridgehead atoms. The Bertz CT molecular complexity index is 1650. The maximum absolute atomic E-state index is 2.35. The molecular weight excluding hydrogens is 1060 g/mol. The summed E-state index contributed by atoms with van der Waals surface area (Å²) in [5, 5.41) is 0. The van der Waals surface area contributed by atoms with Crippen LogP contribution in [0, 0.1) is 70.4 Å². The summed E-state index contributed by atoms with van der Waals surface area (Å²) in [5.74, 6) is 0. The highest BCUT2D eigenvalue weighted by molar-refractivity contribution is 5.38. The quantitative estimate of drug-likeness (QED) is 0.177. The van der Waals surface area contributed by atoms with Gasteiger partial charge in [-0.2, -0.15) is 0 Å². The van der Waals surface area contributed by atoms with Crippen LogP contribution in [0.1, 0.15) is 432 Å². The highest BCUT2D eigenvalue weighted by Crippen LogP contribution is 2.50. The lowest BCUT2D eigenvalue weighted by Crippen LogP contribution is -2.41. The van der Waals surface area contributed by atoms with Crippen LogP contribution in [0.15, 0.2) is 60.7 Å². The Kier molecular flexibility index (Phi) is 54.2. The fraction of sp³-hybridized carbons (Fsp3) is 0.864. The maximum Gasteiger partial charge on any atom is 0.0197 e. The molecule has 0 aliphatic carbocycles. The van der Waals surface area contributed by atoms with Gasteiger partial charge in [0.25, 0.3) is 0 Å². The van der Waals surface area contributed by atoms with Crippen molar-refractivity contribution < 1.29 is 0 Å². The molecule has 2 aromatic carbocycles. The number of hydrogen-bond donors (Lipinski definition) is 0. The highest BCUT2D eigenvalue weighted by Gasteiger charge is 2.42. The number of rotatable bonds is 14. The van der Waals surface area contributed by atoms with Crippen molar-refractivity contribution in [1.82, 2.24) is 0 Å². The Balaban J connectivity index is -0.000000138. The van der Waals surface area contributed by atoms with Crippen molar-refractivity contribution in [2.24, 2.45) is 70.4 Å². The van der Waals surface area contributed by atoms with Crippen molar-refractivity contribution in [2.45, 2.75) is 427 Å². The second kappa shape index (κ2) is 46.5. The third-order valence-corrected chi connectivity index (χ3v) is 21.0. The van der Waals surface area contributed by atoms with Crippen molar-refractivity contribution in [1.29, 1.82) is 0 Å². The summed E-state index contributed by atoms with van der Waals surface area (Å²) >= 11 is 0. The number of unbranched alkanes of at least 4 members (excludes halogenated alkanes) is 2. The highest BCUT2D eigenvalue weighted by atomic mass is 14.5. The van der Waals surface area contributed by atoms with E-state index < -0.39 is 0 Å². The lowest BCUT2D eigenvalue weighted by molar-refractivity contribution is 0.00575. The van der Waals surface area contributed by atoms with Gasteiger partial charge in [-0.15, -0.1) is 0 Å². The Morgan fingerprint density at radius 1 is 0.239 bits per heavy atom. The molecule has 0 fully saturated rings. The van der Waals surface area contributed by atoms with Crippen molar-refractivity contribution in [2.75, 3.05) is 0 Å². The molecule has 0 aliphatic rings. The molecule has 0 atom stereocenters. The van der Waals surface area contributed by atoms with Gasteiger partial charge in [0.15, 0.2) is 0 Å². The smallest absolute Gasteiger partial charge is 0.0197 e. The van der Waals surface area contributed by atoms with Crippen molar-refractivity contribution in [3.63, 3.8) is 0 Å². The molecule has 88 heavy (non-hydrogen) atoms. The number of hydrogen-bond acceptors (Lipinski definition) is 0. The first kappa shape index (κ1) is 103. The van der Waals surface area contributed by atoms with E-state index in [1.807, 2.05) is 0 Å². The van der Waals surface area contributed by atoms with Crippen LogP contribution in [0.25, 0.3) is 0 Å². The molecule has 0 heterocycles. The Labute approximate surface area is 565 Å². The van der Waals surface area contributed by atoms with Crippen LogP contribution in [-0.4, -0.2) is 0 Å². The summed E-state index contributed by atoms with van der Waals surface area (Å²) in [6.45, 7) is 105. The summed E-state index contributed by atoms with van der Waals surface area (Å²) in [6.07, 6.45) is 20.6.